The van der Waals surface area contributed by atoms with Gasteiger partial charge < -0.3 is 10.1 Å². The molecule has 104 valence electrons. The maximum atomic E-state index is 5.77. The Morgan fingerprint density at radius 1 is 1.53 bits per heavy atom. The van der Waals surface area contributed by atoms with Crippen LogP contribution in [-0.2, 0) is 11.2 Å². The van der Waals surface area contributed by atoms with Crippen molar-refractivity contribution in [1.82, 2.24) is 15.3 Å². The van der Waals surface area contributed by atoms with Gasteiger partial charge in [0.1, 0.15) is 6.10 Å². The largest absolute Gasteiger partial charge is 0.368 e. The van der Waals surface area contributed by atoms with Crippen molar-refractivity contribution in [2.75, 3.05) is 24.7 Å². The Bertz CT molecular complexity index is 435. The Kier molecular flexibility index (Phi) is 4.35. The molecule has 1 fully saturated rings. The van der Waals surface area contributed by atoms with Crippen LogP contribution >= 0.6 is 11.8 Å². The van der Waals surface area contributed by atoms with Crippen molar-refractivity contribution in [3.8, 4) is 0 Å². The molecule has 2 atom stereocenters. The molecule has 1 N–H and O–H groups in total. The van der Waals surface area contributed by atoms with E-state index in [9.17, 15) is 0 Å². The Morgan fingerprint density at radius 3 is 3.26 bits per heavy atom. The monoisotopic (exact) mass is 279 g/mol. The maximum Gasteiger partial charge on any atom is 0.158 e. The molecule has 5 heteroatoms. The molecule has 4 nitrogen and oxygen atoms in total. The van der Waals surface area contributed by atoms with Crippen molar-refractivity contribution in [3.05, 3.63) is 23.3 Å². The van der Waals surface area contributed by atoms with Crippen LogP contribution in [0.15, 0.2) is 6.20 Å². The summed E-state index contributed by atoms with van der Waals surface area (Å²) in [5.41, 5.74) is 2.52. The molecule has 2 aliphatic rings. The molecule has 1 aromatic heterocycles. The molecule has 0 spiro atoms. The van der Waals surface area contributed by atoms with Crippen LogP contribution in [0, 0.1) is 0 Å². The van der Waals surface area contributed by atoms with Crippen LogP contribution in [0.4, 0.5) is 0 Å². The smallest absolute Gasteiger partial charge is 0.158 e. The number of hydrogen-bond donors (Lipinski definition) is 1. The van der Waals surface area contributed by atoms with Crippen molar-refractivity contribution in [3.63, 3.8) is 0 Å². The van der Waals surface area contributed by atoms with E-state index in [1.54, 1.807) is 0 Å². The SMILES string of the molecule is CCNC1CCCc2nc(C3CSCCO3)ncc21. The summed E-state index contributed by atoms with van der Waals surface area (Å²) in [6.45, 7) is 3.96. The van der Waals surface area contributed by atoms with E-state index in [0.717, 1.165) is 36.9 Å². The first-order valence-electron chi connectivity index (χ1n) is 7.17. The molecule has 0 saturated carbocycles. The van der Waals surface area contributed by atoms with Gasteiger partial charge in [-0.05, 0) is 25.8 Å². The van der Waals surface area contributed by atoms with Crippen molar-refractivity contribution in [2.45, 2.75) is 38.3 Å². The predicted octanol–water partition coefficient (Wildman–Crippen LogP) is 2.27. The van der Waals surface area contributed by atoms with Crippen molar-refractivity contribution in [1.29, 1.82) is 0 Å². The van der Waals surface area contributed by atoms with Crippen LogP contribution < -0.4 is 5.32 Å². The van der Waals surface area contributed by atoms with E-state index in [1.165, 1.54) is 24.1 Å². The molecule has 2 unspecified atom stereocenters. The fourth-order valence-electron chi connectivity index (χ4n) is 2.81. The molecule has 19 heavy (non-hydrogen) atoms. The third kappa shape index (κ3) is 2.93. The number of hydrogen-bond acceptors (Lipinski definition) is 5. The van der Waals surface area contributed by atoms with Gasteiger partial charge in [0.25, 0.3) is 0 Å². The lowest BCUT2D eigenvalue weighted by atomic mass is 9.92. The van der Waals surface area contributed by atoms with Crippen LogP contribution in [0.3, 0.4) is 0 Å². The lowest BCUT2D eigenvalue weighted by molar-refractivity contribution is 0.0691. The number of rotatable bonds is 3. The zero-order chi connectivity index (χ0) is 13.1. The first-order chi connectivity index (χ1) is 9.38. The normalized spacial score (nSPS) is 27.0. The van der Waals surface area contributed by atoms with E-state index < -0.39 is 0 Å². The molecule has 0 bridgehead atoms. The Balaban J connectivity index is 1.82. The van der Waals surface area contributed by atoms with E-state index in [-0.39, 0.29) is 6.10 Å². The van der Waals surface area contributed by atoms with Crippen molar-refractivity contribution >= 4 is 11.8 Å². The number of nitrogens with one attached hydrogen (secondary N) is 1. The molecular weight excluding hydrogens is 258 g/mol. The minimum absolute atomic E-state index is 0.0866. The molecule has 1 aliphatic heterocycles. The van der Waals surface area contributed by atoms with Crippen molar-refractivity contribution in [2.24, 2.45) is 0 Å². The summed E-state index contributed by atoms with van der Waals surface area (Å²) in [4.78, 5) is 9.34. The number of ether oxygens (including phenoxy) is 1. The van der Waals surface area contributed by atoms with Crippen LogP contribution in [0.1, 0.15) is 49.0 Å². The van der Waals surface area contributed by atoms with E-state index in [2.05, 4.69) is 17.2 Å². The first kappa shape index (κ1) is 13.3. The van der Waals surface area contributed by atoms with Gasteiger partial charge in [0.15, 0.2) is 5.82 Å². The second-order valence-corrected chi connectivity index (χ2v) is 6.22. The zero-order valence-corrected chi connectivity index (χ0v) is 12.2. The summed E-state index contributed by atoms with van der Waals surface area (Å²) in [6.07, 6.45) is 5.59. The van der Waals surface area contributed by atoms with Crippen LogP contribution in [-0.4, -0.2) is 34.6 Å². The fourth-order valence-corrected chi connectivity index (χ4v) is 3.65. The maximum absolute atomic E-state index is 5.77. The molecule has 1 aliphatic carbocycles. The molecule has 0 amide bonds. The van der Waals surface area contributed by atoms with Gasteiger partial charge in [0.2, 0.25) is 0 Å². The highest BCUT2D eigenvalue weighted by Gasteiger charge is 2.24. The summed E-state index contributed by atoms with van der Waals surface area (Å²) < 4.78 is 5.77. The highest BCUT2D eigenvalue weighted by Crippen LogP contribution is 2.30. The number of aromatic nitrogens is 2. The van der Waals surface area contributed by atoms with E-state index in [1.807, 2.05) is 18.0 Å². The van der Waals surface area contributed by atoms with Crippen molar-refractivity contribution < 1.29 is 4.74 Å². The average molecular weight is 279 g/mol. The third-order valence-corrected chi connectivity index (χ3v) is 4.75. The lowest BCUT2D eigenvalue weighted by Gasteiger charge is -2.27. The minimum atomic E-state index is 0.0866. The number of nitrogens with zero attached hydrogens (tertiary/aromatic N) is 2. The Morgan fingerprint density at radius 2 is 2.47 bits per heavy atom. The Hall–Kier alpha value is -0.650. The summed E-state index contributed by atoms with van der Waals surface area (Å²) >= 11 is 1.93. The molecule has 3 rings (SSSR count). The average Bonchev–Trinajstić information content (AvgIpc) is 2.48. The van der Waals surface area contributed by atoms with E-state index in [0.29, 0.717) is 6.04 Å². The lowest BCUT2D eigenvalue weighted by Crippen LogP contribution is -2.27. The second-order valence-electron chi connectivity index (χ2n) is 5.07. The van der Waals surface area contributed by atoms with Crippen LogP contribution in [0.2, 0.25) is 0 Å². The van der Waals surface area contributed by atoms with Gasteiger partial charge in [0, 0.05) is 35.0 Å². The highest BCUT2D eigenvalue weighted by molar-refractivity contribution is 7.99. The number of fused-ring (bicyclic) bond motifs is 1. The topological polar surface area (TPSA) is 47.0 Å². The molecular formula is C14H21N3OS. The van der Waals surface area contributed by atoms with Gasteiger partial charge in [-0.15, -0.1) is 0 Å². The van der Waals surface area contributed by atoms with Gasteiger partial charge in [-0.2, -0.15) is 11.8 Å². The second kappa shape index (κ2) is 6.20. The van der Waals surface area contributed by atoms with Crippen LogP contribution in [0.25, 0.3) is 0 Å². The van der Waals surface area contributed by atoms with Gasteiger partial charge in [-0.1, -0.05) is 6.92 Å². The first-order valence-corrected chi connectivity index (χ1v) is 8.32. The molecule has 2 heterocycles. The fraction of sp³-hybridized carbons (Fsp3) is 0.714. The highest BCUT2D eigenvalue weighted by atomic mass is 32.2. The quantitative estimate of drug-likeness (QED) is 0.919. The zero-order valence-electron chi connectivity index (χ0n) is 11.4. The molecule has 0 aromatic carbocycles. The Labute approximate surface area is 118 Å². The summed E-state index contributed by atoms with van der Waals surface area (Å²) in [7, 11) is 0. The molecule has 1 saturated heterocycles. The molecule has 1 aromatic rings. The van der Waals surface area contributed by atoms with E-state index >= 15 is 0 Å². The number of aryl methyl sites for hydroxylation is 1. The minimum Gasteiger partial charge on any atom is -0.368 e. The summed E-state index contributed by atoms with van der Waals surface area (Å²) in [6, 6.07) is 0.435. The summed E-state index contributed by atoms with van der Waals surface area (Å²) in [5, 5.41) is 3.52. The molecule has 0 radical (unpaired) electrons. The van der Waals surface area contributed by atoms with E-state index in [4.69, 9.17) is 9.72 Å². The predicted molar refractivity (Wildman–Crippen MR) is 77.4 cm³/mol. The summed E-state index contributed by atoms with van der Waals surface area (Å²) in [5.74, 6) is 2.95. The van der Waals surface area contributed by atoms with Gasteiger partial charge >= 0.3 is 0 Å². The third-order valence-electron chi connectivity index (χ3n) is 3.75. The number of thioether (sulfide) groups is 1. The van der Waals surface area contributed by atoms with Gasteiger partial charge in [0.05, 0.1) is 6.61 Å². The van der Waals surface area contributed by atoms with Gasteiger partial charge in [-0.3, -0.25) is 0 Å². The van der Waals surface area contributed by atoms with Crippen LogP contribution in [0.5, 0.6) is 0 Å². The van der Waals surface area contributed by atoms with Gasteiger partial charge in [-0.25, -0.2) is 9.97 Å². The standard InChI is InChI=1S/C14H21N3OS/c1-2-15-11-4-3-5-12-10(11)8-16-14(17-12)13-9-19-7-6-18-13/h8,11,13,15H,2-7,9H2,1H3.